The molecular formula is C14H32N2O. The SMILES string of the molecule is CCCNC(CCN(CC)CCO)C(C)(C)C. The highest BCUT2D eigenvalue weighted by Gasteiger charge is 2.23. The second kappa shape index (κ2) is 8.90. The third-order valence-corrected chi connectivity index (χ3v) is 3.28. The fourth-order valence-electron chi connectivity index (χ4n) is 2.04. The highest BCUT2D eigenvalue weighted by Crippen LogP contribution is 2.22. The van der Waals surface area contributed by atoms with Gasteiger partial charge in [0.25, 0.3) is 0 Å². The Morgan fingerprint density at radius 3 is 2.24 bits per heavy atom. The first-order valence-corrected chi connectivity index (χ1v) is 7.02. The zero-order valence-electron chi connectivity index (χ0n) is 12.4. The predicted octanol–water partition coefficient (Wildman–Crippen LogP) is 2.10. The zero-order chi connectivity index (χ0) is 13.3. The summed E-state index contributed by atoms with van der Waals surface area (Å²) in [7, 11) is 0. The van der Waals surface area contributed by atoms with Crippen LogP contribution in [-0.2, 0) is 0 Å². The van der Waals surface area contributed by atoms with Crippen molar-refractivity contribution in [3.63, 3.8) is 0 Å². The lowest BCUT2D eigenvalue weighted by Gasteiger charge is -2.33. The molecule has 0 bridgehead atoms. The van der Waals surface area contributed by atoms with Crippen molar-refractivity contribution in [1.82, 2.24) is 10.2 Å². The van der Waals surface area contributed by atoms with Crippen LogP contribution in [0.25, 0.3) is 0 Å². The lowest BCUT2D eigenvalue weighted by molar-refractivity contribution is 0.176. The van der Waals surface area contributed by atoms with Crippen molar-refractivity contribution in [3.8, 4) is 0 Å². The Morgan fingerprint density at radius 2 is 1.82 bits per heavy atom. The first kappa shape index (κ1) is 16.9. The Bertz CT molecular complexity index is 178. The van der Waals surface area contributed by atoms with Gasteiger partial charge >= 0.3 is 0 Å². The first-order valence-electron chi connectivity index (χ1n) is 7.02. The van der Waals surface area contributed by atoms with E-state index in [0.717, 1.165) is 32.6 Å². The van der Waals surface area contributed by atoms with Crippen molar-refractivity contribution in [1.29, 1.82) is 0 Å². The van der Waals surface area contributed by atoms with E-state index in [9.17, 15) is 0 Å². The fraction of sp³-hybridized carbons (Fsp3) is 1.00. The average molecular weight is 244 g/mol. The van der Waals surface area contributed by atoms with Crippen LogP contribution < -0.4 is 5.32 Å². The van der Waals surface area contributed by atoms with E-state index in [1.54, 1.807) is 0 Å². The molecule has 0 amide bonds. The Balaban J connectivity index is 4.14. The summed E-state index contributed by atoms with van der Waals surface area (Å²) in [6.07, 6.45) is 2.33. The van der Waals surface area contributed by atoms with Crippen molar-refractivity contribution in [2.45, 2.75) is 53.5 Å². The molecule has 2 N–H and O–H groups in total. The van der Waals surface area contributed by atoms with E-state index >= 15 is 0 Å². The lowest BCUT2D eigenvalue weighted by Crippen LogP contribution is -2.43. The maximum absolute atomic E-state index is 8.98. The number of nitrogens with one attached hydrogen (secondary N) is 1. The van der Waals surface area contributed by atoms with E-state index in [4.69, 9.17) is 5.11 Å². The summed E-state index contributed by atoms with van der Waals surface area (Å²) in [5.41, 5.74) is 0.299. The number of hydrogen-bond acceptors (Lipinski definition) is 3. The molecule has 0 aliphatic rings. The van der Waals surface area contributed by atoms with Crippen molar-refractivity contribution in [3.05, 3.63) is 0 Å². The van der Waals surface area contributed by atoms with Crippen molar-refractivity contribution >= 4 is 0 Å². The van der Waals surface area contributed by atoms with Gasteiger partial charge in [0.05, 0.1) is 6.61 Å². The third kappa shape index (κ3) is 7.74. The highest BCUT2D eigenvalue weighted by molar-refractivity contribution is 4.81. The number of aliphatic hydroxyl groups excluding tert-OH is 1. The topological polar surface area (TPSA) is 35.5 Å². The molecule has 0 saturated carbocycles. The molecule has 0 rings (SSSR count). The minimum absolute atomic E-state index is 0.260. The summed E-state index contributed by atoms with van der Waals surface area (Å²) in [5, 5.41) is 12.6. The number of aliphatic hydroxyl groups is 1. The van der Waals surface area contributed by atoms with Crippen LogP contribution in [-0.4, -0.2) is 48.8 Å². The van der Waals surface area contributed by atoms with E-state index in [1.807, 2.05) is 0 Å². The van der Waals surface area contributed by atoms with Crippen molar-refractivity contribution in [2.75, 3.05) is 32.8 Å². The van der Waals surface area contributed by atoms with Gasteiger partial charge in [0.15, 0.2) is 0 Å². The van der Waals surface area contributed by atoms with Crippen LogP contribution in [0.15, 0.2) is 0 Å². The summed E-state index contributed by atoms with van der Waals surface area (Å²) < 4.78 is 0. The second-order valence-corrected chi connectivity index (χ2v) is 5.82. The fourth-order valence-corrected chi connectivity index (χ4v) is 2.04. The number of hydrogen-bond donors (Lipinski definition) is 2. The maximum Gasteiger partial charge on any atom is 0.0558 e. The third-order valence-electron chi connectivity index (χ3n) is 3.28. The summed E-state index contributed by atoms with van der Waals surface area (Å²) in [6.45, 7) is 15.5. The molecule has 104 valence electrons. The van der Waals surface area contributed by atoms with Crippen LogP contribution in [0.4, 0.5) is 0 Å². The molecule has 0 aliphatic heterocycles. The Hall–Kier alpha value is -0.120. The van der Waals surface area contributed by atoms with E-state index in [0.29, 0.717) is 11.5 Å². The van der Waals surface area contributed by atoms with Crippen LogP contribution in [0.2, 0.25) is 0 Å². The molecule has 1 atom stereocenters. The summed E-state index contributed by atoms with van der Waals surface area (Å²) >= 11 is 0. The molecule has 0 spiro atoms. The lowest BCUT2D eigenvalue weighted by atomic mass is 9.84. The normalized spacial score (nSPS) is 14.3. The quantitative estimate of drug-likeness (QED) is 0.652. The van der Waals surface area contributed by atoms with Gasteiger partial charge in [0, 0.05) is 12.6 Å². The molecule has 0 aromatic heterocycles. The van der Waals surface area contributed by atoms with Crippen LogP contribution in [0.5, 0.6) is 0 Å². The standard InChI is InChI=1S/C14H32N2O/c1-6-9-15-13(14(3,4)5)8-10-16(7-2)11-12-17/h13,15,17H,6-12H2,1-5H3. The molecule has 3 heteroatoms. The molecule has 17 heavy (non-hydrogen) atoms. The summed E-state index contributed by atoms with van der Waals surface area (Å²) in [6, 6.07) is 0.551. The van der Waals surface area contributed by atoms with E-state index in [2.05, 4.69) is 44.8 Å². The van der Waals surface area contributed by atoms with Gasteiger partial charge in [-0.2, -0.15) is 0 Å². The van der Waals surface area contributed by atoms with Crippen LogP contribution >= 0.6 is 0 Å². The largest absolute Gasteiger partial charge is 0.395 e. The van der Waals surface area contributed by atoms with Gasteiger partial charge < -0.3 is 15.3 Å². The smallest absolute Gasteiger partial charge is 0.0558 e. The second-order valence-electron chi connectivity index (χ2n) is 5.82. The van der Waals surface area contributed by atoms with Gasteiger partial charge in [-0.3, -0.25) is 0 Å². The van der Waals surface area contributed by atoms with E-state index in [1.165, 1.54) is 6.42 Å². The first-order chi connectivity index (χ1) is 7.95. The van der Waals surface area contributed by atoms with Crippen LogP contribution in [0.1, 0.15) is 47.5 Å². The Morgan fingerprint density at radius 1 is 1.18 bits per heavy atom. The van der Waals surface area contributed by atoms with E-state index < -0.39 is 0 Å². The monoisotopic (exact) mass is 244 g/mol. The van der Waals surface area contributed by atoms with Gasteiger partial charge in [0.1, 0.15) is 0 Å². The molecule has 0 saturated heterocycles. The summed E-state index contributed by atoms with van der Waals surface area (Å²) in [5.74, 6) is 0. The Labute approximate surface area is 108 Å². The number of nitrogens with zero attached hydrogens (tertiary/aromatic N) is 1. The van der Waals surface area contributed by atoms with Crippen molar-refractivity contribution in [2.24, 2.45) is 5.41 Å². The minimum atomic E-state index is 0.260. The summed E-state index contributed by atoms with van der Waals surface area (Å²) in [4.78, 5) is 2.31. The zero-order valence-corrected chi connectivity index (χ0v) is 12.4. The highest BCUT2D eigenvalue weighted by atomic mass is 16.3. The molecule has 0 aromatic carbocycles. The molecule has 0 aliphatic carbocycles. The minimum Gasteiger partial charge on any atom is -0.395 e. The Kier molecular flexibility index (Phi) is 8.83. The van der Waals surface area contributed by atoms with Gasteiger partial charge in [-0.1, -0.05) is 34.6 Å². The maximum atomic E-state index is 8.98. The van der Waals surface area contributed by atoms with Crippen molar-refractivity contribution < 1.29 is 5.11 Å². The van der Waals surface area contributed by atoms with Crippen LogP contribution in [0.3, 0.4) is 0 Å². The average Bonchev–Trinajstić information content (AvgIpc) is 2.25. The van der Waals surface area contributed by atoms with Gasteiger partial charge in [-0.05, 0) is 37.9 Å². The molecule has 1 unspecified atom stereocenters. The molecule has 0 radical (unpaired) electrons. The molecule has 0 aromatic rings. The molecule has 0 heterocycles. The van der Waals surface area contributed by atoms with Gasteiger partial charge in [0.2, 0.25) is 0 Å². The number of likely N-dealkylation sites (N-methyl/N-ethyl adjacent to an activating group) is 1. The number of rotatable bonds is 9. The predicted molar refractivity (Wildman–Crippen MR) is 75.4 cm³/mol. The molecular weight excluding hydrogens is 212 g/mol. The van der Waals surface area contributed by atoms with Gasteiger partial charge in [-0.15, -0.1) is 0 Å². The molecule has 3 nitrogen and oxygen atoms in total. The van der Waals surface area contributed by atoms with Crippen LogP contribution in [0, 0.1) is 5.41 Å². The van der Waals surface area contributed by atoms with E-state index in [-0.39, 0.29) is 6.61 Å². The molecule has 0 fully saturated rings. The van der Waals surface area contributed by atoms with Gasteiger partial charge in [-0.25, -0.2) is 0 Å².